The van der Waals surface area contributed by atoms with E-state index in [0.29, 0.717) is 6.42 Å². The minimum atomic E-state index is -0.764. The van der Waals surface area contributed by atoms with Crippen LogP contribution in [0.25, 0.3) is 0 Å². The Bertz CT molecular complexity index is 380. The average Bonchev–Trinajstić information content (AvgIpc) is 2.25. The van der Waals surface area contributed by atoms with Gasteiger partial charge in [-0.15, -0.1) is 0 Å². The highest BCUT2D eigenvalue weighted by Crippen LogP contribution is 2.25. The quantitative estimate of drug-likeness (QED) is 0.803. The van der Waals surface area contributed by atoms with Gasteiger partial charge in [-0.25, -0.2) is 8.78 Å². The molecule has 0 aliphatic rings. The van der Waals surface area contributed by atoms with E-state index >= 15 is 0 Å². The summed E-state index contributed by atoms with van der Waals surface area (Å²) in [5, 5.41) is 0. The number of hydrogen-bond acceptors (Lipinski definition) is 2. The normalized spacial score (nSPS) is 14.6. The average molecular weight is 227 g/mol. The first-order valence-electron chi connectivity index (χ1n) is 5.14. The Morgan fingerprint density at radius 1 is 1.31 bits per heavy atom. The van der Waals surface area contributed by atoms with Crippen molar-refractivity contribution in [3.05, 3.63) is 35.4 Å². The van der Waals surface area contributed by atoms with Gasteiger partial charge in [0.05, 0.1) is 0 Å². The van der Waals surface area contributed by atoms with Crippen LogP contribution in [-0.2, 0) is 0 Å². The van der Waals surface area contributed by atoms with E-state index in [2.05, 4.69) is 0 Å². The summed E-state index contributed by atoms with van der Waals surface area (Å²) in [4.78, 5) is 12.0. The number of Topliss-reactive ketones (excluding diaryl/α,β-unsaturated/α-hetero) is 1. The van der Waals surface area contributed by atoms with Crippen molar-refractivity contribution in [1.29, 1.82) is 0 Å². The van der Waals surface area contributed by atoms with Gasteiger partial charge in [0.15, 0.2) is 5.78 Å². The van der Waals surface area contributed by atoms with Crippen LogP contribution in [0, 0.1) is 17.0 Å². The first-order chi connectivity index (χ1) is 7.42. The number of hydrogen-bond donors (Lipinski definition) is 1. The maximum atomic E-state index is 13.0. The van der Waals surface area contributed by atoms with Crippen LogP contribution in [0.2, 0.25) is 0 Å². The molecule has 0 heterocycles. The standard InChI is InChI=1S/C12H15F2NO/c1-3-12(2,7-15)11(16)8-4-9(13)6-10(14)5-8/h4-6H,3,7,15H2,1-2H3. The van der Waals surface area contributed by atoms with Crippen LogP contribution in [0.1, 0.15) is 30.6 Å². The molecule has 16 heavy (non-hydrogen) atoms. The number of benzene rings is 1. The van der Waals surface area contributed by atoms with Crippen molar-refractivity contribution in [2.75, 3.05) is 6.54 Å². The van der Waals surface area contributed by atoms with Gasteiger partial charge in [-0.3, -0.25) is 4.79 Å². The van der Waals surface area contributed by atoms with Gasteiger partial charge in [0.2, 0.25) is 0 Å². The highest BCUT2D eigenvalue weighted by Gasteiger charge is 2.30. The van der Waals surface area contributed by atoms with Crippen LogP contribution in [0.4, 0.5) is 8.78 Å². The largest absolute Gasteiger partial charge is 0.329 e. The number of ketones is 1. The Balaban J connectivity index is 3.13. The second-order valence-corrected chi connectivity index (χ2v) is 4.11. The molecule has 0 amide bonds. The number of carbonyl (C=O) groups excluding carboxylic acids is 1. The molecule has 0 aromatic heterocycles. The molecule has 1 rings (SSSR count). The zero-order valence-corrected chi connectivity index (χ0v) is 9.39. The van der Waals surface area contributed by atoms with Gasteiger partial charge in [-0.05, 0) is 18.6 Å². The van der Waals surface area contributed by atoms with Crippen LogP contribution in [0.3, 0.4) is 0 Å². The highest BCUT2D eigenvalue weighted by atomic mass is 19.1. The predicted molar refractivity (Wildman–Crippen MR) is 58.1 cm³/mol. The van der Waals surface area contributed by atoms with Crippen LogP contribution >= 0.6 is 0 Å². The van der Waals surface area contributed by atoms with E-state index in [1.165, 1.54) is 0 Å². The number of rotatable bonds is 4. The number of carbonyl (C=O) groups is 1. The van der Waals surface area contributed by atoms with E-state index in [0.717, 1.165) is 18.2 Å². The predicted octanol–water partition coefficient (Wildman–Crippen LogP) is 2.52. The molecule has 0 aliphatic carbocycles. The molecule has 2 nitrogen and oxygen atoms in total. The lowest BCUT2D eigenvalue weighted by Crippen LogP contribution is -2.35. The topological polar surface area (TPSA) is 43.1 Å². The van der Waals surface area contributed by atoms with Crippen molar-refractivity contribution in [1.82, 2.24) is 0 Å². The minimum Gasteiger partial charge on any atom is -0.329 e. The molecule has 1 aromatic rings. The minimum absolute atomic E-state index is 0.0345. The van der Waals surface area contributed by atoms with Gasteiger partial charge >= 0.3 is 0 Å². The summed E-state index contributed by atoms with van der Waals surface area (Å²) < 4.78 is 25.9. The van der Waals surface area contributed by atoms with Crippen molar-refractivity contribution >= 4 is 5.78 Å². The van der Waals surface area contributed by atoms with Crippen molar-refractivity contribution < 1.29 is 13.6 Å². The molecular weight excluding hydrogens is 212 g/mol. The van der Waals surface area contributed by atoms with E-state index < -0.39 is 17.0 Å². The fourth-order valence-electron chi connectivity index (χ4n) is 1.43. The molecule has 0 saturated heterocycles. The molecule has 1 atom stereocenters. The molecule has 0 bridgehead atoms. The Morgan fingerprint density at radius 2 is 1.81 bits per heavy atom. The zero-order valence-electron chi connectivity index (χ0n) is 9.39. The van der Waals surface area contributed by atoms with Gasteiger partial charge in [0.1, 0.15) is 11.6 Å². The lowest BCUT2D eigenvalue weighted by atomic mass is 9.80. The Kier molecular flexibility index (Phi) is 3.75. The Hall–Kier alpha value is -1.29. The monoisotopic (exact) mass is 227 g/mol. The zero-order chi connectivity index (χ0) is 12.3. The van der Waals surface area contributed by atoms with Crippen molar-refractivity contribution in [3.8, 4) is 0 Å². The number of halogens is 2. The summed E-state index contributed by atoms with van der Waals surface area (Å²) in [7, 11) is 0. The SMILES string of the molecule is CCC(C)(CN)C(=O)c1cc(F)cc(F)c1. The van der Waals surface area contributed by atoms with Crippen molar-refractivity contribution in [3.63, 3.8) is 0 Å². The lowest BCUT2D eigenvalue weighted by Gasteiger charge is -2.24. The van der Waals surface area contributed by atoms with E-state index in [1.807, 2.05) is 6.92 Å². The maximum Gasteiger partial charge on any atom is 0.170 e. The molecule has 0 aliphatic heterocycles. The third-order valence-electron chi connectivity index (χ3n) is 2.90. The molecule has 4 heteroatoms. The highest BCUT2D eigenvalue weighted by molar-refractivity contribution is 6.00. The van der Waals surface area contributed by atoms with E-state index in [1.54, 1.807) is 6.92 Å². The fraction of sp³-hybridized carbons (Fsp3) is 0.417. The second-order valence-electron chi connectivity index (χ2n) is 4.11. The smallest absolute Gasteiger partial charge is 0.170 e. The molecule has 0 spiro atoms. The fourth-order valence-corrected chi connectivity index (χ4v) is 1.43. The van der Waals surface area contributed by atoms with Crippen molar-refractivity contribution in [2.24, 2.45) is 11.1 Å². The first kappa shape index (κ1) is 12.8. The molecular formula is C12H15F2NO. The third-order valence-corrected chi connectivity index (χ3v) is 2.90. The Labute approximate surface area is 93.5 Å². The van der Waals surface area contributed by atoms with Crippen molar-refractivity contribution in [2.45, 2.75) is 20.3 Å². The molecule has 0 radical (unpaired) electrons. The van der Waals surface area contributed by atoms with E-state index in [-0.39, 0.29) is 17.9 Å². The summed E-state index contributed by atoms with van der Waals surface area (Å²) in [6.07, 6.45) is 0.528. The third kappa shape index (κ3) is 2.44. The van der Waals surface area contributed by atoms with Crippen LogP contribution in [0.5, 0.6) is 0 Å². The molecule has 2 N–H and O–H groups in total. The summed E-state index contributed by atoms with van der Waals surface area (Å²) >= 11 is 0. The van der Waals surface area contributed by atoms with Crippen LogP contribution < -0.4 is 5.73 Å². The van der Waals surface area contributed by atoms with Crippen LogP contribution in [-0.4, -0.2) is 12.3 Å². The van der Waals surface area contributed by atoms with Gasteiger partial charge in [-0.1, -0.05) is 13.8 Å². The van der Waals surface area contributed by atoms with Gasteiger partial charge in [0.25, 0.3) is 0 Å². The summed E-state index contributed by atoms with van der Waals surface area (Å²) in [6.45, 7) is 3.67. The van der Waals surface area contributed by atoms with Crippen LogP contribution in [0.15, 0.2) is 18.2 Å². The molecule has 1 unspecified atom stereocenters. The Morgan fingerprint density at radius 3 is 2.19 bits per heavy atom. The number of nitrogens with two attached hydrogens (primary N) is 1. The molecule has 1 aromatic carbocycles. The van der Waals surface area contributed by atoms with Gasteiger partial charge in [-0.2, -0.15) is 0 Å². The second kappa shape index (κ2) is 4.70. The summed E-state index contributed by atoms with van der Waals surface area (Å²) in [6, 6.07) is 2.81. The molecule has 88 valence electrons. The summed E-state index contributed by atoms with van der Waals surface area (Å²) in [5.41, 5.74) is 4.79. The van der Waals surface area contributed by atoms with E-state index in [9.17, 15) is 13.6 Å². The lowest BCUT2D eigenvalue weighted by molar-refractivity contribution is 0.0819. The molecule has 0 fully saturated rings. The van der Waals surface area contributed by atoms with E-state index in [4.69, 9.17) is 5.73 Å². The van der Waals surface area contributed by atoms with Gasteiger partial charge in [0, 0.05) is 23.6 Å². The summed E-state index contributed by atoms with van der Waals surface area (Å²) in [5.74, 6) is -1.83. The molecule has 0 saturated carbocycles. The maximum absolute atomic E-state index is 13.0. The first-order valence-corrected chi connectivity index (χ1v) is 5.14. The van der Waals surface area contributed by atoms with Gasteiger partial charge < -0.3 is 5.73 Å².